The molecular weight excluding hydrogens is 1380 g/mol. The summed E-state index contributed by atoms with van der Waals surface area (Å²) in [5, 5.41) is 8.16. The van der Waals surface area contributed by atoms with Crippen LogP contribution in [0.25, 0.3) is 32.3 Å². The maximum Gasteiger partial charge on any atom is 0.333 e. The first-order chi connectivity index (χ1) is 54.6. The smallest absolute Gasteiger partial charge is 0.333 e. The topological polar surface area (TPSA) is 71.1 Å². The first kappa shape index (κ1) is 88.8. The number of carbonyl (C=O) groups excluding carboxylic acids is 2. The SMILES string of the molecule is C=C(C)C(=O)OCCCc1cc(C)c(CCCOC(=O)C(=C)C)cc1C.C=C/C=C/CCCCc1cc(C)cc2c(CCCC/C=C/C=C)cc(C)cc12.C=CCCCOc1cc(C)cc2c(OCCCC=C)cc(C)cc12.Cc1cc(CCCc2ccc3c(c2)CC3)c2cc(C)cc(CCCCc3ccc4c(c3)CC4)c2c1. The summed E-state index contributed by atoms with van der Waals surface area (Å²) in [7, 11) is 0. The molecule has 9 aromatic rings. The number of hydrogen-bond acceptors (Lipinski definition) is 6. The van der Waals surface area contributed by atoms with Gasteiger partial charge in [-0.05, 0) is 377 Å². The number of rotatable bonds is 41. The predicted molar refractivity (Wildman–Crippen MR) is 484 cm³/mol. The molecule has 2 aliphatic rings. The van der Waals surface area contributed by atoms with E-state index in [1.807, 2.05) is 36.5 Å². The van der Waals surface area contributed by atoms with Crippen molar-refractivity contribution in [1.29, 1.82) is 0 Å². The first-order valence-corrected chi connectivity index (χ1v) is 42.2. The number of carbonyl (C=O) groups is 2. The van der Waals surface area contributed by atoms with Gasteiger partial charge in [-0.25, -0.2) is 9.59 Å². The van der Waals surface area contributed by atoms with Crippen LogP contribution in [0.15, 0.2) is 221 Å². The quantitative estimate of drug-likeness (QED) is 0.0125. The van der Waals surface area contributed by atoms with Gasteiger partial charge in [0.05, 0.1) is 26.4 Å². The van der Waals surface area contributed by atoms with E-state index < -0.39 is 0 Å². The van der Waals surface area contributed by atoms with E-state index in [1.165, 1.54) is 195 Å². The third-order valence-corrected chi connectivity index (χ3v) is 21.7. The van der Waals surface area contributed by atoms with Crippen LogP contribution < -0.4 is 9.47 Å². The largest absolute Gasteiger partial charge is 0.493 e. The Labute approximate surface area is 681 Å². The third-order valence-electron chi connectivity index (χ3n) is 21.7. The van der Waals surface area contributed by atoms with Crippen LogP contribution in [0.5, 0.6) is 11.5 Å². The number of hydrogen-bond donors (Lipinski definition) is 0. The molecule has 596 valence electrons. The average Bonchev–Trinajstić information content (AvgIpc) is 0.788. The zero-order valence-corrected chi connectivity index (χ0v) is 70.8. The molecule has 2 aliphatic carbocycles. The molecule has 6 heteroatoms. The van der Waals surface area contributed by atoms with Gasteiger partial charge in [0.15, 0.2) is 0 Å². The van der Waals surface area contributed by atoms with E-state index in [9.17, 15) is 9.59 Å². The Morgan fingerprint density at radius 1 is 0.327 bits per heavy atom. The highest BCUT2D eigenvalue weighted by Gasteiger charge is 2.18. The lowest BCUT2D eigenvalue weighted by Gasteiger charge is -2.19. The van der Waals surface area contributed by atoms with Gasteiger partial charge in [0.1, 0.15) is 11.5 Å². The van der Waals surface area contributed by atoms with Crippen LogP contribution in [0.2, 0.25) is 0 Å². The second-order valence-corrected chi connectivity index (χ2v) is 31.9. The van der Waals surface area contributed by atoms with Gasteiger partial charge in [-0.2, -0.15) is 0 Å². The Hall–Kier alpha value is -9.78. The average molecular weight is 1510 g/mol. The molecule has 11 rings (SSSR count). The number of esters is 2. The Bertz CT molecular complexity index is 4600. The highest BCUT2D eigenvalue weighted by atomic mass is 16.5. The lowest BCUT2D eigenvalue weighted by molar-refractivity contribution is -0.139. The highest BCUT2D eigenvalue weighted by Crippen LogP contribution is 2.37. The summed E-state index contributed by atoms with van der Waals surface area (Å²) >= 11 is 0. The van der Waals surface area contributed by atoms with Crippen molar-refractivity contribution in [2.75, 3.05) is 26.4 Å². The van der Waals surface area contributed by atoms with Crippen molar-refractivity contribution in [2.45, 2.75) is 243 Å². The summed E-state index contributed by atoms with van der Waals surface area (Å²) in [6.45, 7) is 45.0. The van der Waals surface area contributed by atoms with Gasteiger partial charge >= 0.3 is 11.9 Å². The minimum atomic E-state index is -0.333. The first-order valence-electron chi connectivity index (χ1n) is 42.2. The molecule has 0 atom stereocenters. The highest BCUT2D eigenvalue weighted by molar-refractivity contribution is 5.95. The van der Waals surface area contributed by atoms with Crippen molar-refractivity contribution in [3.05, 3.63) is 332 Å². The van der Waals surface area contributed by atoms with Crippen molar-refractivity contribution in [3.63, 3.8) is 0 Å². The molecule has 9 aromatic carbocycles. The standard InChI is InChI=1S/C35H38.C28H36.C22H30O4.C22H28O2/c1-24-18-32(8-4-3-6-26-10-12-28-14-16-30(28)22-26)34-20-25(2)19-33(35(34)21-24)9-5-7-27-11-13-29-15-17-31(29)23-27;1-5-7-9-11-13-15-17-25-19-23(3)22-28-26(20-24(4)21-27(25)28)18-16-14-12-10-8-6-2;1-15(2)21(23)25-11-7-9-19-13-18(6)20(14-17(19)5)10-8-12-26-22(24)16(3)4;1-5-7-9-11-23-21-15-17(3)14-20-19(21)13-18(4)16-22(20)24-12-10-8-6-2/h10-13,18-23H,3-9,14-17H2,1-2H3;5-10,19-22H,1-2,11-18H2,3-4H3;13-14H,1,3,7-12H2,2,4-6H3;5-6,13-16H,1-2,7-12H2,3-4H3/b;9-7+,10-8+;;. The number of fused-ring (bicyclic) bond motifs is 5. The molecule has 0 aliphatic heterocycles. The van der Waals surface area contributed by atoms with Crippen LogP contribution >= 0.6 is 0 Å². The van der Waals surface area contributed by atoms with Crippen LogP contribution in [0, 0.1) is 55.4 Å². The summed E-state index contributed by atoms with van der Waals surface area (Å²) in [4.78, 5) is 22.7. The van der Waals surface area contributed by atoms with Crippen LogP contribution in [-0.4, -0.2) is 38.4 Å². The van der Waals surface area contributed by atoms with Gasteiger partial charge in [0, 0.05) is 21.9 Å². The Morgan fingerprint density at radius 2 is 0.655 bits per heavy atom. The minimum Gasteiger partial charge on any atom is -0.493 e. The van der Waals surface area contributed by atoms with Gasteiger partial charge in [-0.3, -0.25) is 0 Å². The predicted octanol–water partition coefficient (Wildman–Crippen LogP) is 27.3. The maximum absolute atomic E-state index is 11.4. The fourth-order valence-electron chi connectivity index (χ4n) is 15.5. The zero-order chi connectivity index (χ0) is 81.0. The summed E-state index contributed by atoms with van der Waals surface area (Å²) in [6.07, 6.45) is 46.5. The molecule has 0 aromatic heterocycles. The monoisotopic (exact) mass is 1510 g/mol. The van der Waals surface area contributed by atoms with E-state index in [1.54, 1.807) is 41.7 Å². The fourth-order valence-corrected chi connectivity index (χ4v) is 15.5. The Balaban J connectivity index is 0.000000191. The van der Waals surface area contributed by atoms with Crippen molar-refractivity contribution >= 4 is 44.3 Å². The molecule has 0 bridgehead atoms. The zero-order valence-electron chi connectivity index (χ0n) is 70.8. The molecule has 0 spiro atoms. The summed E-state index contributed by atoms with van der Waals surface area (Å²) in [6, 6.07) is 46.6. The number of allylic oxidation sites excluding steroid dienone is 8. The van der Waals surface area contributed by atoms with Gasteiger partial charge in [0.2, 0.25) is 0 Å². The molecule has 0 fully saturated rings. The van der Waals surface area contributed by atoms with Crippen LogP contribution in [0.4, 0.5) is 0 Å². The maximum atomic E-state index is 11.4. The Kier molecular flexibility index (Phi) is 37.0. The molecule has 0 N–H and O–H groups in total. The van der Waals surface area contributed by atoms with E-state index in [0.717, 1.165) is 106 Å². The molecule has 0 radical (unpaired) electrons. The molecule has 0 saturated carbocycles. The minimum absolute atomic E-state index is 0.333. The van der Waals surface area contributed by atoms with E-state index in [0.29, 0.717) is 37.6 Å². The van der Waals surface area contributed by atoms with Crippen molar-refractivity contribution < 1.29 is 28.5 Å². The number of benzene rings is 9. The number of aryl methyl sites for hydroxylation is 20. The molecule has 0 unspecified atom stereocenters. The number of unbranched alkanes of at least 4 members (excludes halogenated alkanes) is 7. The molecular formula is C107H132O6. The number of ether oxygens (including phenoxy) is 4. The van der Waals surface area contributed by atoms with Crippen LogP contribution in [-0.2, 0) is 96.1 Å². The summed E-state index contributed by atoms with van der Waals surface area (Å²) < 4.78 is 22.3. The van der Waals surface area contributed by atoms with E-state index in [2.05, 4.69) is 228 Å². The van der Waals surface area contributed by atoms with Gasteiger partial charge in [-0.1, -0.05) is 194 Å². The van der Waals surface area contributed by atoms with Crippen molar-refractivity contribution in [2.24, 2.45) is 0 Å². The van der Waals surface area contributed by atoms with Crippen molar-refractivity contribution in [3.8, 4) is 11.5 Å². The van der Waals surface area contributed by atoms with E-state index in [-0.39, 0.29) is 11.9 Å². The molecule has 113 heavy (non-hydrogen) atoms. The van der Waals surface area contributed by atoms with Gasteiger partial charge in [-0.15, -0.1) is 13.2 Å². The summed E-state index contributed by atoms with van der Waals surface area (Å²) in [5.74, 6) is 1.21. The molecule has 6 nitrogen and oxygen atoms in total. The van der Waals surface area contributed by atoms with Crippen LogP contribution in [0.3, 0.4) is 0 Å². The lowest BCUT2D eigenvalue weighted by atomic mass is 9.86. The molecule has 0 heterocycles. The third kappa shape index (κ3) is 28.7. The van der Waals surface area contributed by atoms with E-state index in [4.69, 9.17) is 18.9 Å². The summed E-state index contributed by atoms with van der Waals surface area (Å²) in [5.41, 5.74) is 29.3. The second-order valence-electron chi connectivity index (χ2n) is 31.9. The fraction of sp³-hybridized carbons (Fsp3) is 0.383. The Morgan fingerprint density at radius 3 is 1.00 bits per heavy atom. The second kappa shape index (κ2) is 47.0. The normalized spacial score (nSPS) is 11.8. The van der Waals surface area contributed by atoms with Gasteiger partial charge < -0.3 is 18.9 Å². The van der Waals surface area contributed by atoms with Crippen molar-refractivity contribution in [1.82, 2.24) is 0 Å². The lowest BCUT2D eigenvalue weighted by Crippen LogP contribution is -2.08. The molecule has 0 saturated heterocycles. The van der Waals surface area contributed by atoms with E-state index >= 15 is 0 Å². The van der Waals surface area contributed by atoms with Crippen LogP contribution in [0.1, 0.15) is 221 Å². The molecule has 0 amide bonds. The van der Waals surface area contributed by atoms with Gasteiger partial charge in [0.25, 0.3) is 0 Å².